The lowest BCUT2D eigenvalue weighted by atomic mass is 10.1. The zero-order valence-electron chi connectivity index (χ0n) is 12.7. The predicted molar refractivity (Wildman–Crippen MR) is 83.5 cm³/mol. The minimum atomic E-state index is 0.264. The van der Waals surface area contributed by atoms with Gasteiger partial charge in [0.25, 0.3) is 0 Å². The standard InChI is InChI=1S/C14H15BN4OS/c1-7-8(2)19(5)18-12(7)11(6-16)14(20-15)13-9(3)21-10(4)17-13/h1-5H3. The van der Waals surface area contributed by atoms with Gasteiger partial charge in [0.15, 0.2) is 0 Å². The van der Waals surface area contributed by atoms with Crippen LogP contribution in [-0.2, 0) is 11.7 Å². The molecule has 2 aromatic heterocycles. The molecule has 0 N–H and O–H groups in total. The fourth-order valence-electron chi connectivity index (χ4n) is 2.14. The first-order valence-corrected chi connectivity index (χ1v) is 7.18. The van der Waals surface area contributed by atoms with Gasteiger partial charge in [-0.15, -0.1) is 11.3 Å². The molecule has 2 heterocycles. The summed E-state index contributed by atoms with van der Waals surface area (Å²) in [5.41, 5.74) is 3.38. The van der Waals surface area contributed by atoms with Crippen molar-refractivity contribution in [3.63, 3.8) is 0 Å². The average molecular weight is 298 g/mol. The van der Waals surface area contributed by atoms with E-state index in [0.717, 1.165) is 21.1 Å². The predicted octanol–water partition coefficient (Wildman–Crippen LogP) is 2.60. The summed E-state index contributed by atoms with van der Waals surface area (Å²) in [4.78, 5) is 5.35. The van der Waals surface area contributed by atoms with Crippen LogP contribution in [-0.4, -0.2) is 22.8 Å². The van der Waals surface area contributed by atoms with Crippen LogP contribution in [0.2, 0.25) is 0 Å². The van der Waals surface area contributed by atoms with E-state index in [0.29, 0.717) is 17.0 Å². The van der Waals surface area contributed by atoms with Crippen molar-refractivity contribution in [2.45, 2.75) is 27.7 Å². The Morgan fingerprint density at radius 1 is 1.29 bits per heavy atom. The number of nitrogens with zero attached hydrogens (tertiary/aromatic N) is 4. The van der Waals surface area contributed by atoms with Crippen LogP contribution in [0.15, 0.2) is 0 Å². The maximum absolute atomic E-state index is 9.55. The van der Waals surface area contributed by atoms with Gasteiger partial charge in [-0.05, 0) is 33.3 Å². The monoisotopic (exact) mass is 298 g/mol. The fourth-order valence-corrected chi connectivity index (χ4v) is 2.95. The van der Waals surface area contributed by atoms with Gasteiger partial charge in [-0.25, -0.2) is 4.98 Å². The number of aryl methyl sites for hydroxylation is 3. The Labute approximate surface area is 129 Å². The molecule has 2 aromatic rings. The molecule has 0 fully saturated rings. The lowest BCUT2D eigenvalue weighted by molar-refractivity contribution is 0.570. The Morgan fingerprint density at radius 3 is 2.33 bits per heavy atom. The van der Waals surface area contributed by atoms with Crippen molar-refractivity contribution in [3.8, 4) is 6.07 Å². The molecular weight excluding hydrogens is 283 g/mol. The van der Waals surface area contributed by atoms with Crippen molar-refractivity contribution in [1.29, 1.82) is 5.26 Å². The first kappa shape index (κ1) is 15.3. The van der Waals surface area contributed by atoms with Crippen molar-refractivity contribution in [3.05, 3.63) is 32.5 Å². The van der Waals surface area contributed by atoms with Gasteiger partial charge in [0.2, 0.25) is 0 Å². The number of allylic oxidation sites excluding steroid dienone is 1. The molecule has 106 valence electrons. The lowest BCUT2D eigenvalue weighted by Crippen LogP contribution is -1.99. The molecule has 0 aliphatic heterocycles. The second-order valence-electron chi connectivity index (χ2n) is 4.75. The fraction of sp³-hybridized carbons (Fsp3) is 0.357. The SMILES string of the molecule is [B]OC(=C(C#N)c1nn(C)c(C)c1C)c1nc(C)sc1C. The molecule has 0 bridgehead atoms. The van der Waals surface area contributed by atoms with Crippen LogP contribution in [0.25, 0.3) is 11.3 Å². The number of nitriles is 1. The van der Waals surface area contributed by atoms with Crippen molar-refractivity contribution in [2.75, 3.05) is 0 Å². The van der Waals surface area contributed by atoms with Crippen molar-refractivity contribution < 1.29 is 4.65 Å². The van der Waals surface area contributed by atoms with Crippen LogP contribution < -0.4 is 0 Å². The van der Waals surface area contributed by atoms with Crippen LogP contribution in [0, 0.1) is 39.0 Å². The highest BCUT2D eigenvalue weighted by Gasteiger charge is 2.21. The summed E-state index contributed by atoms with van der Waals surface area (Å²) in [6.07, 6.45) is 0. The normalized spacial score (nSPS) is 12.0. The van der Waals surface area contributed by atoms with Gasteiger partial charge >= 0.3 is 8.05 Å². The molecule has 0 saturated carbocycles. The Bertz CT molecular complexity index is 767. The number of thiazole rings is 1. The van der Waals surface area contributed by atoms with E-state index in [1.807, 2.05) is 34.7 Å². The quantitative estimate of drug-likeness (QED) is 0.496. The second kappa shape index (κ2) is 5.74. The summed E-state index contributed by atoms with van der Waals surface area (Å²) in [6, 6.07) is 2.15. The Balaban J connectivity index is 2.73. The smallest absolute Gasteiger partial charge is 0.374 e. The summed E-state index contributed by atoms with van der Waals surface area (Å²) >= 11 is 1.53. The lowest BCUT2D eigenvalue weighted by Gasteiger charge is -2.08. The van der Waals surface area contributed by atoms with E-state index in [-0.39, 0.29) is 5.76 Å². The number of rotatable bonds is 3. The third kappa shape index (κ3) is 2.59. The van der Waals surface area contributed by atoms with Crippen LogP contribution in [0.5, 0.6) is 0 Å². The molecular formula is C14H15BN4OS. The van der Waals surface area contributed by atoms with Gasteiger partial charge in [0, 0.05) is 17.6 Å². The highest BCUT2D eigenvalue weighted by molar-refractivity contribution is 7.11. The van der Waals surface area contributed by atoms with E-state index in [1.54, 1.807) is 4.68 Å². The third-order valence-corrected chi connectivity index (χ3v) is 4.33. The van der Waals surface area contributed by atoms with Crippen LogP contribution in [0.1, 0.15) is 32.5 Å². The molecule has 0 atom stereocenters. The van der Waals surface area contributed by atoms with Gasteiger partial charge in [-0.3, -0.25) is 4.68 Å². The molecule has 2 radical (unpaired) electrons. The molecule has 0 spiro atoms. The van der Waals surface area contributed by atoms with E-state index in [9.17, 15) is 5.26 Å². The zero-order chi connectivity index (χ0) is 15.7. The Kier molecular flexibility index (Phi) is 4.19. The largest absolute Gasteiger partial charge is 0.565 e. The molecule has 0 saturated heterocycles. The van der Waals surface area contributed by atoms with Crippen molar-refractivity contribution >= 4 is 30.7 Å². The summed E-state index contributed by atoms with van der Waals surface area (Å²) in [5, 5.41) is 14.8. The molecule has 2 rings (SSSR count). The molecule has 0 aromatic carbocycles. The first-order chi connectivity index (χ1) is 9.90. The maximum atomic E-state index is 9.55. The Hall–Kier alpha value is -2.07. The molecule has 0 unspecified atom stereocenters. The van der Waals surface area contributed by atoms with Gasteiger partial charge in [0.05, 0.1) is 5.01 Å². The van der Waals surface area contributed by atoms with E-state index in [4.69, 9.17) is 12.7 Å². The number of hydrogen-bond acceptors (Lipinski definition) is 5. The van der Waals surface area contributed by atoms with Gasteiger partial charge < -0.3 is 4.65 Å². The molecule has 7 heteroatoms. The minimum Gasteiger partial charge on any atom is -0.565 e. The molecule has 0 amide bonds. The second-order valence-corrected chi connectivity index (χ2v) is 6.16. The molecule has 21 heavy (non-hydrogen) atoms. The van der Waals surface area contributed by atoms with E-state index < -0.39 is 0 Å². The highest BCUT2D eigenvalue weighted by atomic mass is 32.1. The highest BCUT2D eigenvalue weighted by Crippen LogP contribution is 2.31. The van der Waals surface area contributed by atoms with E-state index >= 15 is 0 Å². The zero-order valence-corrected chi connectivity index (χ0v) is 13.5. The van der Waals surface area contributed by atoms with Gasteiger partial charge in [-0.2, -0.15) is 10.4 Å². The number of hydrogen-bond donors (Lipinski definition) is 0. The topological polar surface area (TPSA) is 63.7 Å². The van der Waals surface area contributed by atoms with Crippen molar-refractivity contribution in [1.82, 2.24) is 14.8 Å². The average Bonchev–Trinajstić information content (AvgIpc) is 2.90. The maximum Gasteiger partial charge on any atom is 0.374 e. The van der Waals surface area contributed by atoms with Gasteiger partial charge in [0.1, 0.15) is 28.8 Å². The number of aromatic nitrogens is 3. The summed E-state index contributed by atoms with van der Waals surface area (Å²) in [6.45, 7) is 7.69. The van der Waals surface area contributed by atoms with E-state index in [2.05, 4.69) is 16.2 Å². The minimum absolute atomic E-state index is 0.264. The van der Waals surface area contributed by atoms with Crippen LogP contribution in [0.4, 0.5) is 0 Å². The summed E-state index contributed by atoms with van der Waals surface area (Å²) < 4.78 is 6.73. The van der Waals surface area contributed by atoms with Crippen LogP contribution in [0.3, 0.4) is 0 Å². The Morgan fingerprint density at radius 2 is 1.95 bits per heavy atom. The van der Waals surface area contributed by atoms with Gasteiger partial charge in [-0.1, -0.05) is 0 Å². The first-order valence-electron chi connectivity index (χ1n) is 6.36. The molecule has 0 aliphatic carbocycles. The van der Waals surface area contributed by atoms with E-state index in [1.165, 1.54) is 11.3 Å². The third-order valence-electron chi connectivity index (χ3n) is 3.45. The molecule has 0 aliphatic rings. The van der Waals surface area contributed by atoms with Crippen LogP contribution >= 0.6 is 11.3 Å². The summed E-state index contributed by atoms with van der Waals surface area (Å²) in [7, 11) is 7.25. The molecule has 5 nitrogen and oxygen atoms in total. The van der Waals surface area contributed by atoms with Crippen molar-refractivity contribution in [2.24, 2.45) is 7.05 Å². The summed E-state index contributed by atoms with van der Waals surface area (Å²) in [5.74, 6) is 0.264.